The Hall–Kier alpha value is -1.09. The monoisotopic (exact) mass is 179 g/mol. The van der Waals surface area contributed by atoms with Crippen molar-refractivity contribution in [1.29, 1.82) is 0 Å². The van der Waals surface area contributed by atoms with Crippen LogP contribution in [0.5, 0.6) is 5.75 Å². The zero-order valence-corrected chi connectivity index (χ0v) is 7.87. The Morgan fingerprint density at radius 1 is 1.62 bits per heavy atom. The summed E-state index contributed by atoms with van der Waals surface area (Å²) in [7, 11) is 0. The summed E-state index contributed by atoms with van der Waals surface area (Å²) in [5, 5.41) is 9.38. The van der Waals surface area contributed by atoms with Crippen molar-refractivity contribution in [3.05, 3.63) is 23.0 Å². The maximum absolute atomic E-state index is 9.38. The van der Waals surface area contributed by atoms with E-state index in [1.54, 1.807) is 6.92 Å². The van der Waals surface area contributed by atoms with E-state index < -0.39 is 6.10 Å². The highest BCUT2D eigenvalue weighted by atomic mass is 16.5. The summed E-state index contributed by atoms with van der Waals surface area (Å²) in [6.45, 7) is 4.42. The van der Waals surface area contributed by atoms with Crippen molar-refractivity contribution in [2.45, 2.75) is 26.4 Å². The molecule has 0 spiro atoms. The summed E-state index contributed by atoms with van der Waals surface area (Å²) in [5.74, 6) is 0.907. The van der Waals surface area contributed by atoms with Crippen LogP contribution in [0.4, 0.5) is 0 Å². The van der Waals surface area contributed by atoms with Crippen LogP contribution in [0.2, 0.25) is 0 Å². The SMILES string of the molecule is Cc1cc(C(C)O)nc2c1OCC2. The van der Waals surface area contributed by atoms with E-state index in [1.807, 2.05) is 13.0 Å². The van der Waals surface area contributed by atoms with Gasteiger partial charge in [-0.15, -0.1) is 0 Å². The topological polar surface area (TPSA) is 42.4 Å². The first-order valence-corrected chi connectivity index (χ1v) is 4.50. The fourth-order valence-corrected chi connectivity index (χ4v) is 1.58. The second kappa shape index (κ2) is 3.00. The van der Waals surface area contributed by atoms with Crippen molar-refractivity contribution in [3.8, 4) is 5.75 Å². The highest BCUT2D eigenvalue weighted by Gasteiger charge is 2.18. The van der Waals surface area contributed by atoms with E-state index in [4.69, 9.17) is 4.74 Å². The van der Waals surface area contributed by atoms with Crippen LogP contribution in [0.1, 0.15) is 30.0 Å². The van der Waals surface area contributed by atoms with Gasteiger partial charge in [-0.2, -0.15) is 0 Å². The molecule has 13 heavy (non-hydrogen) atoms. The lowest BCUT2D eigenvalue weighted by molar-refractivity contribution is 0.194. The lowest BCUT2D eigenvalue weighted by atomic mass is 10.1. The smallest absolute Gasteiger partial charge is 0.143 e. The fraction of sp³-hybridized carbons (Fsp3) is 0.500. The number of aryl methyl sites for hydroxylation is 1. The summed E-state index contributed by atoms with van der Waals surface area (Å²) in [4.78, 5) is 4.34. The molecule has 0 aromatic carbocycles. The number of nitrogens with zero attached hydrogens (tertiary/aromatic N) is 1. The number of pyridine rings is 1. The van der Waals surface area contributed by atoms with Gasteiger partial charge in [0.05, 0.1) is 24.1 Å². The highest BCUT2D eigenvalue weighted by Crippen LogP contribution is 2.29. The minimum absolute atomic E-state index is 0.496. The van der Waals surface area contributed by atoms with E-state index in [2.05, 4.69) is 4.98 Å². The minimum Gasteiger partial charge on any atom is -0.491 e. The molecule has 1 atom stereocenters. The largest absolute Gasteiger partial charge is 0.491 e. The van der Waals surface area contributed by atoms with E-state index in [9.17, 15) is 5.11 Å². The number of ether oxygens (including phenoxy) is 1. The number of hydrogen-bond donors (Lipinski definition) is 1. The van der Waals surface area contributed by atoms with Gasteiger partial charge < -0.3 is 9.84 Å². The Morgan fingerprint density at radius 2 is 2.38 bits per heavy atom. The van der Waals surface area contributed by atoms with Gasteiger partial charge >= 0.3 is 0 Å². The molecule has 0 radical (unpaired) electrons. The molecule has 0 aliphatic carbocycles. The molecule has 0 saturated heterocycles. The summed E-state index contributed by atoms with van der Waals surface area (Å²) in [6.07, 6.45) is 0.362. The van der Waals surface area contributed by atoms with Crippen molar-refractivity contribution in [2.75, 3.05) is 6.61 Å². The Labute approximate surface area is 77.4 Å². The van der Waals surface area contributed by atoms with Gasteiger partial charge in [0.2, 0.25) is 0 Å². The van der Waals surface area contributed by atoms with Crippen LogP contribution in [0.3, 0.4) is 0 Å². The number of rotatable bonds is 1. The zero-order valence-electron chi connectivity index (χ0n) is 7.87. The van der Waals surface area contributed by atoms with Crippen LogP contribution in [0.25, 0.3) is 0 Å². The average Bonchev–Trinajstić information content (AvgIpc) is 2.51. The predicted octanol–water partition coefficient (Wildman–Crippen LogP) is 1.38. The van der Waals surface area contributed by atoms with Crippen LogP contribution in [-0.4, -0.2) is 16.7 Å². The third-order valence-electron chi connectivity index (χ3n) is 2.26. The molecule has 2 heterocycles. The number of hydrogen-bond acceptors (Lipinski definition) is 3. The van der Waals surface area contributed by atoms with E-state index in [-0.39, 0.29) is 0 Å². The van der Waals surface area contributed by atoms with Crippen LogP contribution in [0.15, 0.2) is 6.07 Å². The third kappa shape index (κ3) is 1.40. The van der Waals surface area contributed by atoms with E-state index in [0.29, 0.717) is 6.61 Å². The fourth-order valence-electron chi connectivity index (χ4n) is 1.58. The zero-order chi connectivity index (χ0) is 9.42. The summed E-state index contributed by atoms with van der Waals surface area (Å²) < 4.78 is 5.42. The lowest BCUT2D eigenvalue weighted by Gasteiger charge is -2.08. The van der Waals surface area contributed by atoms with Gasteiger partial charge in [0.1, 0.15) is 5.75 Å². The second-order valence-electron chi connectivity index (χ2n) is 3.41. The molecule has 1 N–H and O–H groups in total. The Morgan fingerprint density at radius 3 is 3.08 bits per heavy atom. The summed E-state index contributed by atoms with van der Waals surface area (Å²) in [6, 6.07) is 1.88. The summed E-state index contributed by atoms with van der Waals surface area (Å²) in [5.41, 5.74) is 2.79. The molecule has 1 unspecified atom stereocenters. The molecular formula is C10H13NO2. The normalized spacial score (nSPS) is 16.5. The van der Waals surface area contributed by atoms with E-state index in [1.165, 1.54) is 0 Å². The molecule has 0 bridgehead atoms. The predicted molar refractivity (Wildman–Crippen MR) is 48.8 cm³/mol. The Balaban J connectivity index is 2.49. The van der Waals surface area contributed by atoms with Crippen molar-refractivity contribution in [3.63, 3.8) is 0 Å². The molecular weight excluding hydrogens is 166 g/mol. The molecule has 3 nitrogen and oxygen atoms in total. The molecule has 2 rings (SSSR count). The van der Waals surface area contributed by atoms with Gasteiger partial charge in [0.25, 0.3) is 0 Å². The maximum Gasteiger partial charge on any atom is 0.143 e. The van der Waals surface area contributed by atoms with Crippen LogP contribution in [0, 0.1) is 6.92 Å². The number of aliphatic hydroxyl groups excluding tert-OH is 1. The molecule has 3 heteroatoms. The third-order valence-corrected chi connectivity index (χ3v) is 2.26. The number of fused-ring (bicyclic) bond motifs is 1. The summed E-state index contributed by atoms with van der Waals surface area (Å²) >= 11 is 0. The Kier molecular flexibility index (Phi) is 1.96. The highest BCUT2D eigenvalue weighted by molar-refractivity contribution is 5.40. The van der Waals surface area contributed by atoms with Gasteiger partial charge in [-0.05, 0) is 25.5 Å². The van der Waals surface area contributed by atoms with Crippen molar-refractivity contribution >= 4 is 0 Å². The molecule has 70 valence electrons. The lowest BCUT2D eigenvalue weighted by Crippen LogP contribution is -1.99. The van der Waals surface area contributed by atoms with Crippen molar-refractivity contribution < 1.29 is 9.84 Å². The van der Waals surface area contributed by atoms with Crippen LogP contribution < -0.4 is 4.74 Å². The van der Waals surface area contributed by atoms with E-state index in [0.717, 1.165) is 29.1 Å². The first-order valence-electron chi connectivity index (χ1n) is 4.50. The van der Waals surface area contributed by atoms with Crippen molar-refractivity contribution in [2.24, 2.45) is 0 Å². The van der Waals surface area contributed by atoms with Gasteiger partial charge in [-0.3, -0.25) is 4.98 Å². The first kappa shape index (κ1) is 8.51. The molecule has 1 aliphatic rings. The van der Waals surface area contributed by atoms with Crippen molar-refractivity contribution in [1.82, 2.24) is 4.98 Å². The van der Waals surface area contributed by atoms with Gasteiger partial charge in [-0.25, -0.2) is 0 Å². The quantitative estimate of drug-likeness (QED) is 0.708. The van der Waals surface area contributed by atoms with Gasteiger partial charge in [0.15, 0.2) is 0 Å². The minimum atomic E-state index is -0.496. The Bertz CT molecular complexity index is 334. The van der Waals surface area contributed by atoms with Gasteiger partial charge in [-0.1, -0.05) is 0 Å². The maximum atomic E-state index is 9.38. The molecule has 0 saturated carbocycles. The number of aliphatic hydroxyl groups is 1. The standard InChI is InChI=1S/C10H13NO2/c1-6-5-9(7(2)12)11-8-3-4-13-10(6)8/h5,7,12H,3-4H2,1-2H3. The first-order chi connectivity index (χ1) is 6.18. The molecule has 1 aliphatic heterocycles. The van der Waals surface area contributed by atoms with E-state index >= 15 is 0 Å². The molecule has 1 aromatic rings. The molecule has 1 aromatic heterocycles. The number of aromatic nitrogens is 1. The van der Waals surface area contributed by atoms with Crippen LogP contribution >= 0.6 is 0 Å². The van der Waals surface area contributed by atoms with Crippen LogP contribution in [-0.2, 0) is 6.42 Å². The second-order valence-corrected chi connectivity index (χ2v) is 3.41. The molecule has 0 fully saturated rings. The average molecular weight is 179 g/mol. The molecule has 0 amide bonds. The van der Waals surface area contributed by atoms with Gasteiger partial charge in [0, 0.05) is 6.42 Å².